The van der Waals surface area contributed by atoms with Gasteiger partial charge in [0, 0.05) is 43.9 Å². The molecule has 1 saturated heterocycles. The summed E-state index contributed by atoms with van der Waals surface area (Å²) in [6.45, 7) is 5.06. The molecule has 0 unspecified atom stereocenters. The number of nitrogens with zero attached hydrogens (tertiary/aromatic N) is 4. The molecule has 0 radical (unpaired) electrons. The number of aromatic nitrogens is 2. The van der Waals surface area contributed by atoms with Gasteiger partial charge in [-0.05, 0) is 42.2 Å². The van der Waals surface area contributed by atoms with Crippen LogP contribution in [0.15, 0.2) is 48.5 Å². The van der Waals surface area contributed by atoms with Gasteiger partial charge in [-0.15, -0.1) is 0 Å². The van der Waals surface area contributed by atoms with E-state index >= 15 is 0 Å². The predicted octanol–water partition coefficient (Wildman–Crippen LogP) is 2.52. The number of hydrogen-bond acceptors (Lipinski definition) is 7. The lowest BCUT2D eigenvalue weighted by molar-refractivity contribution is 0.188. The minimum Gasteiger partial charge on any atom is -0.489 e. The second-order valence-electron chi connectivity index (χ2n) is 8.38. The fourth-order valence-electron chi connectivity index (χ4n) is 4.63. The summed E-state index contributed by atoms with van der Waals surface area (Å²) in [6, 6.07) is 16.4. The number of anilines is 2. The van der Waals surface area contributed by atoms with Gasteiger partial charge in [0.15, 0.2) is 0 Å². The summed E-state index contributed by atoms with van der Waals surface area (Å²) in [4.78, 5) is 13.9. The zero-order valence-corrected chi connectivity index (χ0v) is 18.2. The number of rotatable bonds is 6. The quantitative estimate of drug-likeness (QED) is 0.620. The first-order valence-corrected chi connectivity index (χ1v) is 11.3. The van der Waals surface area contributed by atoms with E-state index in [0.29, 0.717) is 12.6 Å². The molecule has 2 heterocycles. The summed E-state index contributed by atoms with van der Waals surface area (Å²) in [5.41, 5.74) is 11.8. The summed E-state index contributed by atoms with van der Waals surface area (Å²) in [5.74, 6) is 2.15. The maximum Gasteiger partial charge on any atom is 0.222 e. The van der Waals surface area contributed by atoms with Crippen molar-refractivity contribution in [3.63, 3.8) is 0 Å². The van der Waals surface area contributed by atoms with E-state index in [1.807, 2.05) is 24.3 Å². The van der Waals surface area contributed by atoms with Gasteiger partial charge in [-0.2, -0.15) is 4.98 Å². The molecule has 0 saturated carbocycles. The first kappa shape index (κ1) is 20.7. The third-order valence-corrected chi connectivity index (χ3v) is 6.32. The van der Waals surface area contributed by atoms with E-state index in [1.54, 1.807) is 0 Å². The standard InChI is InChI=1S/C25H29N5O2/c26-25-27-23-21-9-7-20(32-17-18-4-2-1-3-5-18)16-19(21)6-8-22(23)24(28-25)30-12-10-29(11-13-30)14-15-31/h1-5,7,9,16,31H,6,8,10-15,17H2,(H2,26,27,28). The van der Waals surface area contributed by atoms with Gasteiger partial charge in [-0.3, -0.25) is 4.90 Å². The number of aryl methyl sites for hydroxylation is 1. The lowest BCUT2D eigenvalue weighted by Crippen LogP contribution is -2.48. The Labute approximate surface area is 188 Å². The van der Waals surface area contributed by atoms with Crippen molar-refractivity contribution in [1.82, 2.24) is 14.9 Å². The molecule has 2 aromatic carbocycles. The number of aliphatic hydroxyl groups excluding tert-OH is 1. The molecular weight excluding hydrogens is 402 g/mol. The second-order valence-corrected chi connectivity index (χ2v) is 8.38. The van der Waals surface area contributed by atoms with Gasteiger partial charge < -0.3 is 20.5 Å². The average molecular weight is 432 g/mol. The maximum atomic E-state index is 9.20. The molecule has 3 N–H and O–H groups in total. The van der Waals surface area contributed by atoms with E-state index in [-0.39, 0.29) is 6.61 Å². The van der Waals surface area contributed by atoms with Crippen LogP contribution in [-0.2, 0) is 19.4 Å². The normalized spacial score (nSPS) is 15.8. The molecule has 166 valence electrons. The zero-order chi connectivity index (χ0) is 21.9. The predicted molar refractivity (Wildman–Crippen MR) is 126 cm³/mol. The zero-order valence-electron chi connectivity index (χ0n) is 18.2. The molecule has 2 aliphatic rings. The van der Waals surface area contributed by atoms with Crippen molar-refractivity contribution in [2.24, 2.45) is 0 Å². The van der Waals surface area contributed by atoms with Gasteiger partial charge in [0.1, 0.15) is 18.2 Å². The van der Waals surface area contributed by atoms with Gasteiger partial charge in [0.05, 0.1) is 12.3 Å². The van der Waals surface area contributed by atoms with Crippen LogP contribution in [0.2, 0.25) is 0 Å². The molecule has 0 amide bonds. The van der Waals surface area contributed by atoms with Gasteiger partial charge in [-0.1, -0.05) is 30.3 Å². The third-order valence-electron chi connectivity index (χ3n) is 6.32. The van der Waals surface area contributed by atoms with Crippen LogP contribution >= 0.6 is 0 Å². The van der Waals surface area contributed by atoms with Crippen LogP contribution in [0.25, 0.3) is 11.3 Å². The van der Waals surface area contributed by atoms with E-state index in [2.05, 4.69) is 44.0 Å². The molecule has 1 fully saturated rings. The number of piperazine rings is 1. The Morgan fingerprint density at radius 1 is 0.969 bits per heavy atom. The Hall–Kier alpha value is -3.16. The van der Waals surface area contributed by atoms with Crippen LogP contribution < -0.4 is 15.4 Å². The summed E-state index contributed by atoms with van der Waals surface area (Å²) in [5, 5.41) is 9.20. The number of aliphatic hydroxyl groups is 1. The monoisotopic (exact) mass is 431 g/mol. The average Bonchev–Trinajstić information content (AvgIpc) is 2.83. The smallest absolute Gasteiger partial charge is 0.222 e. The van der Waals surface area contributed by atoms with Crippen LogP contribution in [0.3, 0.4) is 0 Å². The molecule has 7 nitrogen and oxygen atoms in total. The molecule has 0 spiro atoms. The third kappa shape index (κ3) is 4.26. The number of ether oxygens (including phenoxy) is 1. The molecule has 7 heteroatoms. The Kier molecular flexibility index (Phi) is 5.92. The molecule has 5 rings (SSSR count). The first-order valence-electron chi connectivity index (χ1n) is 11.3. The molecule has 32 heavy (non-hydrogen) atoms. The fourth-order valence-corrected chi connectivity index (χ4v) is 4.63. The van der Waals surface area contributed by atoms with Crippen LogP contribution in [0, 0.1) is 0 Å². The van der Waals surface area contributed by atoms with Crippen molar-refractivity contribution in [2.45, 2.75) is 19.4 Å². The molecule has 3 aromatic rings. The summed E-state index contributed by atoms with van der Waals surface area (Å²) in [7, 11) is 0. The van der Waals surface area contributed by atoms with Crippen LogP contribution in [-0.4, -0.2) is 59.3 Å². The number of nitrogen functional groups attached to an aromatic ring is 1. The first-order chi connectivity index (χ1) is 15.7. The maximum absolute atomic E-state index is 9.20. The molecule has 1 aliphatic carbocycles. The number of benzene rings is 2. The summed E-state index contributed by atoms with van der Waals surface area (Å²) < 4.78 is 6.03. The van der Waals surface area contributed by atoms with E-state index in [4.69, 9.17) is 10.5 Å². The summed E-state index contributed by atoms with van der Waals surface area (Å²) >= 11 is 0. The Morgan fingerprint density at radius 2 is 1.78 bits per heavy atom. The van der Waals surface area contributed by atoms with Gasteiger partial charge in [0.25, 0.3) is 0 Å². The highest BCUT2D eigenvalue weighted by Gasteiger charge is 2.27. The van der Waals surface area contributed by atoms with Crippen molar-refractivity contribution in [1.29, 1.82) is 0 Å². The SMILES string of the molecule is Nc1nc2c(c(N3CCN(CCO)CC3)n1)CCc1cc(OCc3ccccc3)ccc1-2. The highest BCUT2D eigenvalue weighted by Crippen LogP contribution is 2.38. The van der Waals surface area contributed by atoms with Gasteiger partial charge in [0.2, 0.25) is 5.95 Å². The molecule has 0 bridgehead atoms. The van der Waals surface area contributed by atoms with Crippen molar-refractivity contribution in [2.75, 3.05) is 50.0 Å². The van der Waals surface area contributed by atoms with Crippen molar-refractivity contribution in [3.05, 3.63) is 65.2 Å². The number of β-amino-alcohol motifs (C(OH)–C–C–N with tert-alkyl or cyclic N) is 1. The highest BCUT2D eigenvalue weighted by atomic mass is 16.5. The van der Waals surface area contributed by atoms with E-state index in [9.17, 15) is 5.11 Å². The topological polar surface area (TPSA) is 87.7 Å². The number of nitrogens with two attached hydrogens (primary N) is 1. The number of fused-ring (bicyclic) bond motifs is 3. The van der Waals surface area contributed by atoms with Gasteiger partial charge in [-0.25, -0.2) is 4.98 Å². The van der Waals surface area contributed by atoms with E-state index in [1.165, 1.54) is 11.1 Å². The number of hydrogen-bond donors (Lipinski definition) is 2. The van der Waals surface area contributed by atoms with Crippen LogP contribution in [0.5, 0.6) is 5.75 Å². The Bertz CT molecular complexity index is 1080. The fraction of sp³-hybridized carbons (Fsp3) is 0.360. The van der Waals surface area contributed by atoms with Crippen LogP contribution in [0.4, 0.5) is 11.8 Å². The van der Waals surface area contributed by atoms with E-state index in [0.717, 1.165) is 74.0 Å². The highest BCUT2D eigenvalue weighted by molar-refractivity contribution is 5.76. The second kappa shape index (κ2) is 9.14. The van der Waals surface area contributed by atoms with Crippen molar-refractivity contribution >= 4 is 11.8 Å². The van der Waals surface area contributed by atoms with E-state index < -0.39 is 0 Å². The minimum absolute atomic E-state index is 0.198. The minimum atomic E-state index is 0.198. The largest absolute Gasteiger partial charge is 0.489 e. The summed E-state index contributed by atoms with van der Waals surface area (Å²) in [6.07, 6.45) is 1.81. The molecular formula is C25H29N5O2. The lowest BCUT2D eigenvalue weighted by Gasteiger charge is -2.36. The lowest BCUT2D eigenvalue weighted by atomic mass is 9.88. The Morgan fingerprint density at radius 3 is 2.56 bits per heavy atom. The molecule has 0 atom stereocenters. The van der Waals surface area contributed by atoms with Crippen LogP contribution in [0.1, 0.15) is 16.7 Å². The van der Waals surface area contributed by atoms with Gasteiger partial charge >= 0.3 is 0 Å². The van der Waals surface area contributed by atoms with Crippen molar-refractivity contribution < 1.29 is 9.84 Å². The molecule has 1 aliphatic heterocycles. The van der Waals surface area contributed by atoms with Crippen molar-refractivity contribution in [3.8, 4) is 17.0 Å². The Balaban J connectivity index is 1.38. The molecule has 1 aromatic heterocycles.